The van der Waals surface area contributed by atoms with Gasteiger partial charge in [0.2, 0.25) is 5.72 Å². The zero-order valence-corrected chi connectivity index (χ0v) is 16.6. The van der Waals surface area contributed by atoms with Crippen LogP contribution >= 0.6 is 0 Å². The molecule has 28 heavy (non-hydrogen) atoms. The number of aromatic hydroxyl groups is 1. The Morgan fingerprint density at radius 1 is 1.18 bits per heavy atom. The van der Waals surface area contributed by atoms with Gasteiger partial charge in [-0.25, -0.2) is 5.01 Å². The molecule has 1 atom stereocenters. The first-order chi connectivity index (χ1) is 13.6. The van der Waals surface area contributed by atoms with E-state index in [1.54, 1.807) is 6.07 Å². The van der Waals surface area contributed by atoms with Gasteiger partial charge in [0.15, 0.2) is 0 Å². The Labute approximate surface area is 166 Å². The molecule has 2 aromatic rings. The van der Waals surface area contributed by atoms with Crippen molar-refractivity contribution in [1.82, 2.24) is 9.91 Å². The van der Waals surface area contributed by atoms with Gasteiger partial charge in [-0.05, 0) is 31.7 Å². The molecule has 3 aliphatic rings. The van der Waals surface area contributed by atoms with Crippen molar-refractivity contribution in [2.24, 2.45) is 5.10 Å². The maximum Gasteiger partial charge on any atom is 0.200 e. The normalized spacial score (nSPS) is 23.1. The topological polar surface area (TPSA) is 48.3 Å². The number of hydrogen-bond acceptors (Lipinski definition) is 5. The fraction of sp³-hybridized carbons (Fsp3) is 0.435. The van der Waals surface area contributed by atoms with Crippen LogP contribution in [0.5, 0.6) is 11.5 Å². The first kappa shape index (κ1) is 17.6. The number of para-hydroxylation sites is 1. The summed E-state index contributed by atoms with van der Waals surface area (Å²) in [5.74, 6) is 1.28. The van der Waals surface area contributed by atoms with Crippen molar-refractivity contribution in [2.45, 2.75) is 44.9 Å². The van der Waals surface area contributed by atoms with Gasteiger partial charge < -0.3 is 14.7 Å². The van der Waals surface area contributed by atoms with Gasteiger partial charge >= 0.3 is 0 Å². The second kappa shape index (κ2) is 6.52. The Morgan fingerprint density at radius 3 is 2.75 bits per heavy atom. The Bertz CT molecular complexity index is 931. The highest BCUT2D eigenvalue weighted by Gasteiger charge is 2.51. The van der Waals surface area contributed by atoms with Crippen LogP contribution in [0.2, 0.25) is 0 Å². The van der Waals surface area contributed by atoms with Crippen molar-refractivity contribution in [3.8, 4) is 11.5 Å². The monoisotopic (exact) mass is 377 g/mol. The molecular formula is C23H27N3O2. The number of phenolic OH excluding ortho intramolecular Hbond substituents is 1. The van der Waals surface area contributed by atoms with E-state index in [0.717, 1.165) is 61.5 Å². The molecule has 0 saturated carbocycles. The van der Waals surface area contributed by atoms with Crippen LogP contribution in [0.25, 0.3) is 0 Å². The average Bonchev–Trinajstić information content (AvgIpc) is 3.17. The van der Waals surface area contributed by atoms with E-state index >= 15 is 0 Å². The van der Waals surface area contributed by atoms with Gasteiger partial charge in [-0.1, -0.05) is 36.8 Å². The van der Waals surface area contributed by atoms with E-state index < -0.39 is 5.72 Å². The van der Waals surface area contributed by atoms with Crippen LogP contribution in [0.3, 0.4) is 0 Å². The molecule has 3 heterocycles. The van der Waals surface area contributed by atoms with Crippen LogP contribution in [-0.2, 0) is 0 Å². The van der Waals surface area contributed by atoms with E-state index in [4.69, 9.17) is 9.84 Å². The van der Waals surface area contributed by atoms with Crippen molar-refractivity contribution < 1.29 is 9.84 Å². The van der Waals surface area contributed by atoms with Crippen LogP contribution in [0, 0.1) is 6.92 Å². The fourth-order valence-corrected chi connectivity index (χ4v) is 4.82. The van der Waals surface area contributed by atoms with Gasteiger partial charge in [-0.3, -0.25) is 0 Å². The summed E-state index contributed by atoms with van der Waals surface area (Å²) in [6, 6.07) is 14.2. The SMILES string of the molecule is CCN1CCC2(CC1)Oc1ccccc1[C@H]1CC(c3cc(C)ccc3O)=NN12. The first-order valence-corrected chi connectivity index (χ1v) is 10.3. The van der Waals surface area contributed by atoms with E-state index in [9.17, 15) is 5.11 Å². The Kier molecular flexibility index (Phi) is 4.09. The molecule has 0 radical (unpaired) electrons. The second-order valence-corrected chi connectivity index (χ2v) is 8.15. The minimum absolute atomic E-state index is 0.160. The highest BCUT2D eigenvalue weighted by atomic mass is 16.5. The fourth-order valence-electron chi connectivity index (χ4n) is 4.82. The van der Waals surface area contributed by atoms with Gasteiger partial charge in [0.25, 0.3) is 0 Å². The number of ether oxygens (including phenoxy) is 1. The summed E-state index contributed by atoms with van der Waals surface area (Å²) >= 11 is 0. The Hall–Kier alpha value is -2.53. The minimum Gasteiger partial charge on any atom is -0.507 e. The summed E-state index contributed by atoms with van der Waals surface area (Å²) in [4.78, 5) is 2.47. The molecule has 1 saturated heterocycles. The molecule has 146 valence electrons. The lowest BCUT2D eigenvalue weighted by Gasteiger charge is -2.51. The summed E-state index contributed by atoms with van der Waals surface area (Å²) in [6.45, 7) is 7.36. The average molecular weight is 377 g/mol. The van der Waals surface area contributed by atoms with Crippen LogP contribution in [-0.4, -0.2) is 46.1 Å². The number of benzene rings is 2. The summed E-state index contributed by atoms with van der Waals surface area (Å²) in [6.07, 6.45) is 2.65. The van der Waals surface area contributed by atoms with E-state index in [2.05, 4.69) is 35.0 Å². The third-order valence-electron chi connectivity index (χ3n) is 6.45. The molecule has 2 aromatic carbocycles. The Morgan fingerprint density at radius 2 is 1.96 bits per heavy atom. The van der Waals surface area contributed by atoms with Gasteiger partial charge in [0.1, 0.15) is 11.5 Å². The quantitative estimate of drug-likeness (QED) is 0.858. The lowest BCUT2D eigenvalue weighted by atomic mass is 9.90. The third-order valence-corrected chi connectivity index (χ3v) is 6.45. The largest absolute Gasteiger partial charge is 0.507 e. The smallest absolute Gasteiger partial charge is 0.200 e. The molecule has 0 aliphatic carbocycles. The standard InChI is InChI=1S/C23H27N3O2/c1-3-25-12-10-23(11-13-25)26-20(17-6-4-5-7-22(17)28-23)15-19(24-26)18-14-16(2)8-9-21(18)27/h4-9,14,20,27H,3,10-13,15H2,1-2H3/t20-/m1/s1. The maximum atomic E-state index is 10.5. The van der Waals surface area contributed by atoms with Gasteiger partial charge in [0, 0.05) is 43.5 Å². The molecule has 0 aromatic heterocycles. The number of hydrazone groups is 1. The number of hydrogen-bond donors (Lipinski definition) is 1. The van der Waals surface area contributed by atoms with Crippen molar-refractivity contribution >= 4 is 5.71 Å². The second-order valence-electron chi connectivity index (χ2n) is 8.15. The van der Waals surface area contributed by atoms with Crippen molar-refractivity contribution in [2.75, 3.05) is 19.6 Å². The lowest BCUT2D eigenvalue weighted by Crippen LogP contribution is -2.59. The molecule has 1 N–H and O–H groups in total. The molecule has 1 spiro atoms. The number of phenols is 1. The number of piperidine rings is 1. The van der Waals surface area contributed by atoms with Gasteiger partial charge in [-0.15, -0.1) is 0 Å². The van der Waals surface area contributed by atoms with E-state index in [1.807, 2.05) is 25.1 Å². The van der Waals surface area contributed by atoms with Crippen LogP contribution in [0.1, 0.15) is 48.9 Å². The van der Waals surface area contributed by atoms with Crippen molar-refractivity contribution in [3.05, 3.63) is 59.2 Å². The Balaban J connectivity index is 1.57. The molecule has 5 nitrogen and oxygen atoms in total. The lowest BCUT2D eigenvalue weighted by molar-refractivity contribution is -0.149. The van der Waals surface area contributed by atoms with Crippen molar-refractivity contribution in [3.63, 3.8) is 0 Å². The number of nitrogens with zero attached hydrogens (tertiary/aromatic N) is 3. The highest BCUT2D eigenvalue weighted by Crippen LogP contribution is 2.50. The maximum absolute atomic E-state index is 10.5. The van der Waals surface area contributed by atoms with Gasteiger partial charge in [0.05, 0.1) is 11.8 Å². The first-order valence-electron chi connectivity index (χ1n) is 10.3. The summed E-state index contributed by atoms with van der Waals surface area (Å²) in [5.41, 5.74) is 3.71. The third kappa shape index (κ3) is 2.68. The molecule has 0 amide bonds. The molecule has 3 aliphatic heterocycles. The van der Waals surface area contributed by atoms with Crippen LogP contribution in [0.15, 0.2) is 47.6 Å². The number of rotatable bonds is 2. The molecule has 1 fully saturated rings. The molecule has 0 bridgehead atoms. The number of aryl methyl sites for hydroxylation is 1. The summed E-state index contributed by atoms with van der Waals surface area (Å²) in [5, 5.41) is 17.7. The zero-order chi connectivity index (χ0) is 19.3. The van der Waals surface area contributed by atoms with E-state index in [0.29, 0.717) is 5.75 Å². The predicted molar refractivity (Wildman–Crippen MR) is 110 cm³/mol. The van der Waals surface area contributed by atoms with Crippen LogP contribution in [0.4, 0.5) is 0 Å². The van der Waals surface area contributed by atoms with Crippen LogP contribution < -0.4 is 4.74 Å². The van der Waals surface area contributed by atoms with E-state index in [1.165, 1.54) is 5.56 Å². The van der Waals surface area contributed by atoms with Gasteiger partial charge in [-0.2, -0.15) is 5.10 Å². The summed E-state index contributed by atoms with van der Waals surface area (Å²) < 4.78 is 6.63. The molecule has 5 heteroatoms. The zero-order valence-electron chi connectivity index (χ0n) is 16.6. The number of fused-ring (bicyclic) bond motifs is 4. The minimum atomic E-state index is -0.397. The predicted octanol–water partition coefficient (Wildman–Crippen LogP) is 4.06. The number of likely N-dealkylation sites (tertiary alicyclic amines) is 1. The van der Waals surface area contributed by atoms with E-state index in [-0.39, 0.29) is 6.04 Å². The van der Waals surface area contributed by atoms with Crippen molar-refractivity contribution in [1.29, 1.82) is 0 Å². The molecular weight excluding hydrogens is 350 g/mol. The highest BCUT2D eigenvalue weighted by molar-refractivity contribution is 6.04. The summed E-state index contributed by atoms with van der Waals surface area (Å²) in [7, 11) is 0. The molecule has 5 rings (SSSR count). The molecule has 0 unspecified atom stereocenters.